The van der Waals surface area contributed by atoms with Gasteiger partial charge in [-0.25, -0.2) is 4.98 Å². The number of ketones is 1. The molecule has 0 spiro atoms. The van der Waals surface area contributed by atoms with E-state index in [0.717, 1.165) is 46.4 Å². The molecule has 0 saturated heterocycles. The third kappa shape index (κ3) is 9.17. The summed E-state index contributed by atoms with van der Waals surface area (Å²) in [7, 11) is -4.09. The van der Waals surface area contributed by atoms with Crippen molar-refractivity contribution in [3.63, 3.8) is 0 Å². The molecule has 1 aromatic heterocycles. The normalized spacial score (nSPS) is 16.1. The number of H-pyrrole nitrogens is 1. The van der Waals surface area contributed by atoms with E-state index in [9.17, 15) is 13.2 Å². The Kier molecular flexibility index (Phi) is 10.8. The summed E-state index contributed by atoms with van der Waals surface area (Å²) in [6.07, 6.45) is 6.64. The summed E-state index contributed by atoms with van der Waals surface area (Å²) in [4.78, 5) is 21.6. The average Bonchev–Trinajstić information content (AvgIpc) is 3.53. The fourth-order valence-corrected chi connectivity index (χ4v) is 7.85. The average molecular weight is 717 g/mol. The van der Waals surface area contributed by atoms with Crippen LogP contribution >= 0.6 is 0 Å². The van der Waals surface area contributed by atoms with Crippen LogP contribution < -0.4 is 0 Å². The maximum absolute atomic E-state index is 12.7. The Morgan fingerprint density at radius 3 is 2.08 bits per heavy atom. The van der Waals surface area contributed by atoms with Gasteiger partial charge in [-0.3, -0.25) is 9.35 Å². The lowest BCUT2D eigenvalue weighted by molar-refractivity contribution is 0.0982. The Bertz CT molecular complexity index is 2160. The van der Waals surface area contributed by atoms with Crippen LogP contribution in [0, 0.1) is 11.3 Å². The first-order valence-electron chi connectivity index (χ1n) is 18.5. The predicted octanol–water partition coefficient (Wildman–Crippen LogP) is 11.0. The molecule has 0 bridgehead atoms. The van der Waals surface area contributed by atoms with Crippen LogP contribution in [0.25, 0.3) is 27.7 Å². The fourth-order valence-electron chi connectivity index (χ4n) is 7.34. The van der Waals surface area contributed by atoms with Gasteiger partial charge >= 0.3 is 0 Å². The van der Waals surface area contributed by atoms with Crippen molar-refractivity contribution in [1.29, 1.82) is 0 Å². The van der Waals surface area contributed by atoms with Crippen molar-refractivity contribution in [2.45, 2.75) is 91.4 Å². The number of hydrogen-bond donors (Lipinski definition) is 2. The number of nitrogens with zero attached hydrogens (tertiary/aromatic N) is 1. The lowest BCUT2D eigenvalue weighted by atomic mass is 9.72. The van der Waals surface area contributed by atoms with E-state index >= 15 is 0 Å². The molecule has 0 saturated carbocycles. The third-order valence-corrected chi connectivity index (χ3v) is 11.6. The summed E-state index contributed by atoms with van der Waals surface area (Å²) in [6, 6.07) is 31.7. The molecule has 7 heteroatoms. The van der Waals surface area contributed by atoms with Crippen LogP contribution in [-0.2, 0) is 22.0 Å². The van der Waals surface area contributed by atoms with E-state index in [4.69, 9.17) is 9.54 Å². The number of hydrogen-bond acceptors (Lipinski definition) is 4. The van der Waals surface area contributed by atoms with Crippen LogP contribution in [0.15, 0.2) is 97.1 Å². The Hall–Kier alpha value is -4.33. The molecule has 0 aliphatic heterocycles. The molecule has 5 aromatic rings. The van der Waals surface area contributed by atoms with E-state index in [2.05, 4.69) is 119 Å². The number of allylic oxidation sites excluding steroid dienone is 2. The van der Waals surface area contributed by atoms with E-state index in [0.29, 0.717) is 23.3 Å². The molecule has 272 valence electrons. The minimum atomic E-state index is -4.09. The molecule has 6 nitrogen and oxygen atoms in total. The lowest BCUT2D eigenvalue weighted by Gasteiger charge is -2.33. The number of benzene rings is 4. The van der Waals surface area contributed by atoms with Gasteiger partial charge in [-0.15, -0.1) is 0 Å². The first kappa shape index (κ1) is 37.4. The van der Waals surface area contributed by atoms with Crippen LogP contribution in [-0.4, -0.2) is 34.5 Å². The van der Waals surface area contributed by atoms with Crippen molar-refractivity contribution < 1.29 is 17.8 Å². The summed E-state index contributed by atoms with van der Waals surface area (Å²) in [6.45, 7) is 13.7. The monoisotopic (exact) mass is 716 g/mol. The zero-order valence-electron chi connectivity index (χ0n) is 31.4. The van der Waals surface area contributed by atoms with Gasteiger partial charge in [0.1, 0.15) is 5.82 Å². The van der Waals surface area contributed by atoms with Crippen molar-refractivity contribution in [3.8, 4) is 11.1 Å². The molecule has 0 fully saturated rings. The minimum absolute atomic E-state index is 0.0576. The number of aromatic nitrogens is 2. The quantitative estimate of drug-likeness (QED) is 0.105. The standard InChI is InChI=1S/C45H52N2O4S/c1-44(2,3)37-22-17-32(18-23-37)31-13-15-34(16-14-31)39(28-30-9-11-35(12-10-30)42(48)8-7-27-52(49,50)51)43-46-40-26-21-36(29-41(40)47-43)33-19-24-38(25-20-33)45(4,5)6/h9-19,21-23,26,29,38-39H,7-8,20,24-25,27-28H2,1-6H3,(H,46,47)(H,49,50,51). The smallest absolute Gasteiger partial charge is 0.264 e. The Morgan fingerprint density at radius 1 is 0.865 bits per heavy atom. The number of Topliss-reactive ketones (excluding diaryl/α,β-unsaturated/α-hetero) is 1. The van der Waals surface area contributed by atoms with Crippen LogP contribution in [0.3, 0.4) is 0 Å². The number of rotatable bonds is 11. The van der Waals surface area contributed by atoms with E-state index in [-0.39, 0.29) is 30.0 Å². The van der Waals surface area contributed by atoms with Gasteiger partial charge in [0.25, 0.3) is 10.1 Å². The molecule has 1 aliphatic carbocycles. The molecule has 2 atom stereocenters. The zero-order chi connectivity index (χ0) is 37.3. The summed E-state index contributed by atoms with van der Waals surface area (Å²) in [5, 5.41) is 0. The SMILES string of the molecule is CC(C)(C)c1ccc(-c2ccc(C(Cc3ccc(C(=O)CCCS(=O)(=O)O)cc3)c3nc4ccc(C5=CCC(C(C)(C)C)CC5)cc4[nH]3)cc2)cc1. The fraction of sp³-hybridized carbons (Fsp3) is 0.378. The van der Waals surface area contributed by atoms with Crippen LogP contribution in [0.2, 0.25) is 0 Å². The van der Waals surface area contributed by atoms with Gasteiger partial charge in [-0.1, -0.05) is 126 Å². The molecular formula is C45H52N2O4S. The summed E-state index contributed by atoms with van der Waals surface area (Å²) in [5.74, 6) is 0.962. The van der Waals surface area contributed by atoms with Gasteiger partial charge in [0.05, 0.1) is 16.8 Å². The molecule has 1 aliphatic rings. The number of fused-ring (bicyclic) bond motifs is 1. The number of imidazole rings is 1. The highest BCUT2D eigenvalue weighted by atomic mass is 32.2. The summed E-state index contributed by atoms with van der Waals surface area (Å²) < 4.78 is 31.2. The Balaban J connectivity index is 1.28. The molecule has 6 rings (SSSR count). The summed E-state index contributed by atoms with van der Waals surface area (Å²) in [5.41, 5.74) is 11.4. The second-order valence-corrected chi connectivity index (χ2v) is 18.2. The first-order chi connectivity index (χ1) is 24.5. The van der Waals surface area contributed by atoms with Gasteiger partial charge in [0, 0.05) is 17.9 Å². The first-order valence-corrected chi connectivity index (χ1v) is 20.1. The van der Waals surface area contributed by atoms with Crippen molar-refractivity contribution in [2.75, 3.05) is 5.75 Å². The Labute approximate surface area is 309 Å². The summed E-state index contributed by atoms with van der Waals surface area (Å²) >= 11 is 0. The van der Waals surface area contributed by atoms with Crippen molar-refractivity contribution in [2.24, 2.45) is 11.3 Å². The van der Waals surface area contributed by atoms with E-state index < -0.39 is 15.9 Å². The second-order valence-electron chi connectivity index (χ2n) is 16.6. The maximum Gasteiger partial charge on any atom is 0.264 e. The highest BCUT2D eigenvalue weighted by Crippen LogP contribution is 2.40. The largest absolute Gasteiger partial charge is 0.341 e. The number of nitrogens with one attached hydrogen (secondary N) is 1. The van der Waals surface area contributed by atoms with E-state index in [1.165, 1.54) is 28.7 Å². The molecule has 0 amide bonds. The molecule has 52 heavy (non-hydrogen) atoms. The van der Waals surface area contributed by atoms with E-state index in [1.807, 2.05) is 12.1 Å². The second kappa shape index (κ2) is 15.0. The highest BCUT2D eigenvalue weighted by Gasteiger charge is 2.27. The maximum atomic E-state index is 12.7. The zero-order valence-corrected chi connectivity index (χ0v) is 32.2. The molecule has 1 heterocycles. The van der Waals surface area contributed by atoms with Crippen LogP contribution in [0.5, 0.6) is 0 Å². The molecule has 2 N–H and O–H groups in total. The van der Waals surface area contributed by atoms with Gasteiger partial charge in [0.2, 0.25) is 0 Å². The third-order valence-electron chi connectivity index (χ3n) is 10.8. The molecule has 0 radical (unpaired) electrons. The predicted molar refractivity (Wildman–Crippen MR) is 213 cm³/mol. The van der Waals surface area contributed by atoms with Crippen molar-refractivity contribution >= 4 is 32.5 Å². The van der Waals surface area contributed by atoms with Crippen LogP contribution in [0.1, 0.15) is 118 Å². The Morgan fingerprint density at radius 2 is 1.50 bits per heavy atom. The number of aromatic amines is 1. The van der Waals surface area contributed by atoms with Crippen molar-refractivity contribution in [3.05, 3.63) is 131 Å². The highest BCUT2D eigenvalue weighted by molar-refractivity contribution is 7.85. The molecular weight excluding hydrogens is 665 g/mol. The van der Waals surface area contributed by atoms with Gasteiger partial charge < -0.3 is 4.98 Å². The number of carbonyl (C=O) groups is 1. The van der Waals surface area contributed by atoms with Crippen molar-refractivity contribution in [1.82, 2.24) is 9.97 Å². The molecule has 2 unspecified atom stereocenters. The van der Waals surface area contributed by atoms with Gasteiger partial charge in [-0.2, -0.15) is 8.42 Å². The van der Waals surface area contributed by atoms with Crippen LogP contribution in [0.4, 0.5) is 0 Å². The van der Waals surface area contributed by atoms with Gasteiger partial charge in [0.15, 0.2) is 5.78 Å². The molecule has 4 aromatic carbocycles. The lowest BCUT2D eigenvalue weighted by Crippen LogP contribution is -2.21. The minimum Gasteiger partial charge on any atom is -0.341 e. The van der Waals surface area contributed by atoms with Gasteiger partial charge in [-0.05, 0) is 99.9 Å². The van der Waals surface area contributed by atoms with E-state index in [1.54, 1.807) is 12.1 Å². The number of carbonyl (C=O) groups excluding carboxylic acids is 1. The topological polar surface area (TPSA) is 100 Å².